The van der Waals surface area contributed by atoms with Gasteiger partial charge < -0.3 is 15.5 Å². The lowest BCUT2D eigenvalue weighted by atomic mass is 9.85. The minimum absolute atomic E-state index is 0. The molecule has 150 valence electrons. The number of nitrogens with zero attached hydrogens (tertiary/aromatic N) is 2. The first-order valence-electron chi connectivity index (χ1n) is 10.5. The standard InChI is InChI=1S/C20H36N4O.HI/c1-3-22-20(23-18-14-17(18)16-7-5-4-6-8-16)24-11-9-15(10-12-24)13-19(25)21-2;/h15-18H,3-14H2,1-2H3,(H,21,25)(H,22,23);1H. The molecule has 1 amide bonds. The Morgan fingerprint density at radius 1 is 1.12 bits per heavy atom. The Balaban J connectivity index is 0.00000243. The third-order valence-electron chi connectivity index (χ3n) is 6.38. The number of carbonyl (C=O) groups excluding carboxylic acids is 1. The van der Waals surface area contributed by atoms with Gasteiger partial charge in [-0.2, -0.15) is 0 Å². The molecular weight excluding hydrogens is 439 g/mol. The van der Waals surface area contributed by atoms with E-state index in [1.54, 1.807) is 7.05 Å². The molecular formula is C20H37IN4O. The Kier molecular flexibility index (Phi) is 8.97. The third-order valence-corrected chi connectivity index (χ3v) is 6.38. The molecule has 1 heterocycles. The second-order valence-corrected chi connectivity index (χ2v) is 8.15. The van der Waals surface area contributed by atoms with E-state index in [0.717, 1.165) is 50.3 Å². The summed E-state index contributed by atoms with van der Waals surface area (Å²) < 4.78 is 0. The molecule has 0 aromatic carbocycles. The van der Waals surface area contributed by atoms with E-state index in [-0.39, 0.29) is 29.9 Å². The zero-order chi connectivity index (χ0) is 17.6. The average Bonchev–Trinajstić information content (AvgIpc) is 3.42. The summed E-state index contributed by atoms with van der Waals surface area (Å²) in [5, 5.41) is 6.52. The van der Waals surface area contributed by atoms with Crippen LogP contribution < -0.4 is 10.6 Å². The molecule has 0 radical (unpaired) electrons. The molecule has 1 aliphatic heterocycles. The van der Waals surface area contributed by atoms with Gasteiger partial charge in [0.05, 0.1) is 0 Å². The van der Waals surface area contributed by atoms with Gasteiger partial charge in [0.25, 0.3) is 0 Å². The summed E-state index contributed by atoms with van der Waals surface area (Å²) in [6.45, 7) is 5.00. The van der Waals surface area contributed by atoms with E-state index >= 15 is 0 Å². The Morgan fingerprint density at radius 2 is 1.81 bits per heavy atom. The molecule has 2 saturated carbocycles. The van der Waals surface area contributed by atoms with Crippen molar-refractivity contribution in [2.45, 2.75) is 70.8 Å². The Bertz CT molecular complexity index is 470. The first-order chi connectivity index (χ1) is 12.2. The highest BCUT2D eigenvalue weighted by molar-refractivity contribution is 14.0. The predicted molar refractivity (Wildman–Crippen MR) is 118 cm³/mol. The molecule has 3 fully saturated rings. The zero-order valence-electron chi connectivity index (χ0n) is 16.5. The van der Waals surface area contributed by atoms with Crippen LogP contribution in [0.4, 0.5) is 0 Å². The molecule has 2 unspecified atom stereocenters. The molecule has 1 saturated heterocycles. The van der Waals surface area contributed by atoms with E-state index in [1.165, 1.54) is 38.5 Å². The highest BCUT2D eigenvalue weighted by Gasteiger charge is 2.44. The topological polar surface area (TPSA) is 56.7 Å². The van der Waals surface area contributed by atoms with Crippen molar-refractivity contribution in [3.05, 3.63) is 0 Å². The molecule has 0 aromatic heterocycles. The number of hydrogen-bond acceptors (Lipinski definition) is 2. The number of halogens is 1. The van der Waals surface area contributed by atoms with Crippen molar-refractivity contribution in [3.8, 4) is 0 Å². The normalized spacial score (nSPS) is 27.6. The average molecular weight is 476 g/mol. The van der Waals surface area contributed by atoms with E-state index in [9.17, 15) is 4.79 Å². The van der Waals surface area contributed by atoms with E-state index < -0.39 is 0 Å². The maximum atomic E-state index is 11.6. The minimum Gasteiger partial charge on any atom is -0.359 e. The summed E-state index contributed by atoms with van der Waals surface area (Å²) in [6.07, 6.45) is 11.4. The van der Waals surface area contributed by atoms with Crippen LogP contribution in [0.2, 0.25) is 0 Å². The molecule has 3 rings (SSSR count). The first kappa shape index (κ1) is 21.8. The zero-order valence-corrected chi connectivity index (χ0v) is 18.8. The number of piperidine rings is 1. The van der Waals surface area contributed by atoms with E-state index in [1.807, 2.05) is 0 Å². The van der Waals surface area contributed by atoms with E-state index in [4.69, 9.17) is 4.99 Å². The van der Waals surface area contributed by atoms with Crippen molar-refractivity contribution >= 4 is 35.8 Å². The van der Waals surface area contributed by atoms with Crippen molar-refractivity contribution in [1.29, 1.82) is 0 Å². The van der Waals surface area contributed by atoms with Gasteiger partial charge in [-0.15, -0.1) is 24.0 Å². The van der Waals surface area contributed by atoms with Crippen LogP contribution in [0, 0.1) is 17.8 Å². The molecule has 26 heavy (non-hydrogen) atoms. The largest absolute Gasteiger partial charge is 0.359 e. The lowest BCUT2D eigenvalue weighted by Crippen LogP contribution is -2.47. The molecule has 0 spiro atoms. The molecule has 5 nitrogen and oxygen atoms in total. The number of guanidine groups is 1. The number of rotatable bonds is 5. The van der Waals surface area contributed by atoms with E-state index in [0.29, 0.717) is 18.4 Å². The Labute approximate surface area is 176 Å². The number of carbonyl (C=O) groups is 1. The van der Waals surface area contributed by atoms with Crippen molar-refractivity contribution in [1.82, 2.24) is 15.5 Å². The van der Waals surface area contributed by atoms with E-state index in [2.05, 4.69) is 22.5 Å². The summed E-state index contributed by atoms with van der Waals surface area (Å²) in [5.41, 5.74) is 0. The van der Waals surface area contributed by atoms with Crippen LogP contribution in [-0.2, 0) is 4.79 Å². The van der Waals surface area contributed by atoms with Crippen LogP contribution in [0.3, 0.4) is 0 Å². The number of hydrogen-bond donors (Lipinski definition) is 2. The summed E-state index contributed by atoms with van der Waals surface area (Å²) in [4.78, 5) is 18.8. The second kappa shape index (κ2) is 10.7. The number of amides is 1. The molecule has 6 heteroatoms. The molecule has 2 N–H and O–H groups in total. The highest BCUT2D eigenvalue weighted by atomic mass is 127. The van der Waals surface area contributed by atoms with Gasteiger partial charge in [-0.3, -0.25) is 9.79 Å². The minimum atomic E-state index is 0. The van der Waals surface area contributed by atoms with Gasteiger partial charge in [-0.25, -0.2) is 0 Å². The quantitative estimate of drug-likeness (QED) is 0.364. The number of likely N-dealkylation sites (tertiary alicyclic amines) is 1. The SMILES string of the molecule is CCN=C(NC1CC1C1CCCCC1)N1CCC(CC(=O)NC)CC1.I. The van der Waals surface area contributed by atoms with Crippen LogP contribution in [0.25, 0.3) is 0 Å². The summed E-state index contributed by atoms with van der Waals surface area (Å²) in [5.74, 6) is 3.65. The Hall–Kier alpha value is -0.530. The van der Waals surface area contributed by atoms with Gasteiger partial charge in [0, 0.05) is 39.1 Å². The van der Waals surface area contributed by atoms with Crippen LogP contribution in [0.5, 0.6) is 0 Å². The smallest absolute Gasteiger partial charge is 0.220 e. The molecule has 3 aliphatic rings. The van der Waals surface area contributed by atoms with Crippen molar-refractivity contribution < 1.29 is 4.79 Å². The Morgan fingerprint density at radius 3 is 2.42 bits per heavy atom. The summed E-state index contributed by atoms with van der Waals surface area (Å²) in [7, 11) is 1.73. The summed E-state index contributed by atoms with van der Waals surface area (Å²) in [6, 6.07) is 0.650. The van der Waals surface area contributed by atoms with Gasteiger partial charge in [0.2, 0.25) is 5.91 Å². The predicted octanol–water partition coefficient (Wildman–Crippen LogP) is 3.39. The number of aliphatic imine (C=N–C) groups is 1. The van der Waals surface area contributed by atoms with Gasteiger partial charge in [-0.1, -0.05) is 32.1 Å². The van der Waals surface area contributed by atoms with Crippen LogP contribution in [0.1, 0.15) is 64.7 Å². The maximum absolute atomic E-state index is 11.6. The van der Waals surface area contributed by atoms with Crippen molar-refractivity contribution in [3.63, 3.8) is 0 Å². The monoisotopic (exact) mass is 476 g/mol. The summed E-state index contributed by atoms with van der Waals surface area (Å²) >= 11 is 0. The molecule has 2 atom stereocenters. The third kappa shape index (κ3) is 5.99. The molecule has 2 aliphatic carbocycles. The molecule has 0 bridgehead atoms. The number of nitrogens with one attached hydrogen (secondary N) is 2. The van der Waals surface area contributed by atoms with Crippen LogP contribution in [-0.4, -0.2) is 49.5 Å². The fourth-order valence-corrected chi connectivity index (χ4v) is 4.73. The van der Waals surface area contributed by atoms with Gasteiger partial charge in [0.1, 0.15) is 0 Å². The second-order valence-electron chi connectivity index (χ2n) is 8.15. The first-order valence-corrected chi connectivity index (χ1v) is 10.5. The van der Waals surface area contributed by atoms with Crippen LogP contribution in [0.15, 0.2) is 4.99 Å². The lowest BCUT2D eigenvalue weighted by Gasteiger charge is -2.34. The fraction of sp³-hybridized carbons (Fsp3) is 0.900. The van der Waals surface area contributed by atoms with Gasteiger partial charge in [0.15, 0.2) is 5.96 Å². The van der Waals surface area contributed by atoms with Crippen LogP contribution >= 0.6 is 24.0 Å². The van der Waals surface area contributed by atoms with Crippen molar-refractivity contribution in [2.24, 2.45) is 22.7 Å². The molecule has 0 aromatic rings. The lowest BCUT2D eigenvalue weighted by molar-refractivity contribution is -0.121. The fourth-order valence-electron chi connectivity index (χ4n) is 4.73. The van der Waals surface area contributed by atoms with Gasteiger partial charge >= 0.3 is 0 Å². The van der Waals surface area contributed by atoms with Crippen molar-refractivity contribution in [2.75, 3.05) is 26.7 Å². The maximum Gasteiger partial charge on any atom is 0.220 e. The highest BCUT2D eigenvalue weighted by Crippen LogP contribution is 2.44. The van der Waals surface area contributed by atoms with Gasteiger partial charge in [-0.05, 0) is 43.9 Å².